The van der Waals surface area contributed by atoms with Gasteiger partial charge in [-0.15, -0.1) is 0 Å². The van der Waals surface area contributed by atoms with Gasteiger partial charge in [-0.2, -0.15) is 0 Å². The number of nitrogens with one attached hydrogen (secondary N) is 2. The molecule has 1 atom stereocenters. The second kappa shape index (κ2) is 8.57. The summed E-state index contributed by atoms with van der Waals surface area (Å²) in [6.07, 6.45) is 12.5. The van der Waals surface area contributed by atoms with Gasteiger partial charge >= 0.3 is 0 Å². The molecule has 0 aromatic carbocycles. The van der Waals surface area contributed by atoms with Gasteiger partial charge in [-0.1, -0.05) is 32.1 Å². The molecular formula is C16H30N2O. The van der Waals surface area contributed by atoms with Crippen molar-refractivity contribution in [2.24, 2.45) is 11.8 Å². The van der Waals surface area contributed by atoms with Crippen molar-refractivity contribution in [2.45, 2.75) is 64.2 Å². The van der Waals surface area contributed by atoms with Crippen LogP contribution in [0.3, 0.4) is 0 Å². The lowest BCUT2D eigenvalue weighted by atomic mass is 9.87. The minimum absolute atomic E-state index is 0.265. The van der Waals surface area contributed by atoms with Crippen molar-refractivity contribution in [3.05, 3.63) is 0 Å². The van der Waals surface area contributed by atoms with E-state index in [1.807, 2.05) is 0 Å². The Hall–Kier alpha value is -0.570. The van der Waals surface area contributed by atoms with Gasteiger partial charge in [0.25, 0.3) is 0 Å². The SMILES string of the molecule is O=C(CCC1CCCNC1)NCCC1CCCCC1. The Balaban J connectivity index is 1.49. The first kappa shape index (κ1) is 14.8. The predicted octanol–water partition coefficient (Wildman–Crippen LogP) is 2.85. The van der Waals surface area contributed by atoms with Crippen LogP contribution in [0, 0.1) is 11.8 Å². The third kappa shape index (κ3) is 5.94. The van der Waals surface area contributed by atoms with Gasteiger partial charge in [0.15, 0.2) is 0 Å². The fourth-order valence-electron chi connectivity index (χ4n) is 3.49. The van der Waals surface area contributed by atoms with Crippen LogP contribution in [-0.4, -0.2) is 25.5 Å². The molecular weight excluding hydrogens is 236 g/mol. The highest BCUT2D eigenvalue weighted by Gasteiger charge is 2.15. The smallest absolute Gasteiger partial charge is 0.220 e. The van der Waals surface area contributed by atoms with Gasteiger partial charge in [-0.3, -0.25) is 4.79 Å². The summed E-state index contributed by atoms with van der Waals surface area (Å²) in [7, 11) is 0. The first-order chi connectivity index (χ1) is 9.34. The molecule has 2 rings (SSSR count). The van der Waals surface area contributed by atoms with Gasteiger partial charge in [0, 0.05) is 13.0 Å². The van der Waals surface area contributed by atoms with Crippen LogP contribution < -0.4 is 10.6 Å². The standard InChI is InChI=1S/C16H30N2O/c19-16(9-8-15-7-4-11-17-13-15)18-12-10-14-5-2-1-3-6-14/h14-15,17H,1-13H2,(H,18,19). The molecule has 0 radical (unpaired) electrons. The van der Waals surface area contributed by atoms with Crippen LogP contribution in [0.15, 0.2) is 0 Å². The average Bonchev–Trinajstić information content (AvgIpc) is 2.47. The molecule has 0 spiro atoms. The summed E-state index contributed by atoms with van der Waals surface area (Å²) in [6, 6.07) is 0. The number of rotatable bonds is 6. The van der Waals surface area contributed by atoms with Gasteiger partial charge < -0.3 is 10.6 Å². The molecule has 1 amide bonds. The number of hydrogen-bond donors (Lipinski definition) is 2. The topological polar surface area (TPSA) is 41.1 Å². The lowest BCUT2D eigenvalue weighted by molar-refractivity contribution is -0.121. The van der Waals surface area contributed by atoms with Gasteiger partial charge in [-0.05, 0) is 50.6 Å². The van der Waals surface area contributed by atoms with Gasteiger partial charge in [0.2, 0.25) is 5.91 Å². The summed E-state index contributed by atoms with van der Waals surface area (Å²) in [5.41, 5.74) is 0. The van der Waals surface area contributed by atoms with Crippen molar-refractivity contribution in [1.82, 2.24) is 10.6 Å². The number of hydrogen-bond acceptors (Lipinski definition) is 2. The average molecular weight is 266 g/mol. The van der Waals surface area contributed by atoms with Crippen LogP contribution >= 0.6 is 0 Å². The monoisotopic (exact) mass is 266 g/mol. The molecule has 3 heteroatoms. The first-order valence-corrected chi connectivity index (χ1v) is 8.32. The predicted molar refractivity (Wildman–Crippen MR) is 79.0 cm³/mol. The first-order valence-electron chi connectivity index (χ1n) is 8.32. The Morgan fingerprint density at radius 1 is 1.00 bits per heavy atom. The van der Waals surface area contributed by atoms with E-state index in [9.17, 15) is 4.79 Å². The maximum atomic E-state index is 11.8. The fourth-order valence-corrected chi connectivity index (χ4v) is 3.49. The molecule has 1 saturated carbocycles. The lowest BCUT2D eigenvalue weighted by Crippen LogP contribution is -2.31. The summed E-state index contributed by atoms with van der Waals surface area (Å²) in [6.45, 7) is 3.16. The summed E-state index contributed by atoms with van der Waals surface area (Å²) in [4.78, 5) is 11.8. The van der Waals surface area contributed by atoms with E-state index in [0.717, 1.165) is 44.3 Å². The zero-order chi connectivity index (χ0) is 13.3. The molecule has 0 aromatic heterocycles. The van der Waals surface area contributed by atoms with Crippen LogP contribution in [-0.2, 0) is 4.79 Å². The van der Waals surface area contributed by atoms with Crippen molar-refractivity contribution >= 4 is 5.91 Å². The third-order valence-electron chi connectivity index (χ3n) is 4.78. The van der Waals surface area contributed by atoms with Crippen LogP contribution in [0.5, 0.6) is 0 Å². The second-order valence-electron chi connectivity index (χ2n) is 6.39. The van der Waals surface area contributed by atoms with Crippen LogP contribution in [0.4, 0.5) is 0 Å². The Labute approximate surface area is 117 Å². The highest BCUT2D eigenvalue weighted by molar-refractivity contribution is 5.75. The highest BCUT2D eigenvalue weighted by atomic mass is 16.1. The largest absolute Gasteiger partial charge is 0.356 e. The Bertz CT molecular complexity index is 255. The molecule has 2 aliphatic rings. The van der Waals surface area contributed by atoms with E-state index in [2.05, 4.69) is 10.6 Å². The summed E-state index contributed by atoms with van der Waals surface area (Å²) < 4.78 is 0. The maximum Gasteiger partial charge on any atom is 0.220 e. The van der Waals surface area contributed by atoms with Gasteiger partial charge in [0.1, 0.15) is 0 Å². The van der Waals surface area contributed by atoms with Gasteiger partial charge in [0.05, 0.1) is 0 Å². The molecule has 2 fully saturated rings. The molecule has 0 bridgehead atoms. The lowest BCUT2D eigenvalue weighted by Gasteiger charge is -2.23. The van der Waals surface area contributed by atoms with E-state index >= 15 is 0 Å². The maximum absolute atomic E-state index is 11.8. The Kier molecular flexibility index (Phi) is 6.69. The van der Waals surface area contributed by atoms with E-state index in [1.165, 1.54) is 51.4 Å². The fraction of sp³-hybridized carbons (Fsp3) is 0.938. The minimum Gasteiger partial charge on any atom is -0.356 e. The molecule has 2 N–H and O–H groups in total. The van der Waals surface area contributed by atoms with Crippen LogP contribution in [0.2, 0.25) is 0 Å². The quantitative estimate of drug-likeness (QED) is 0.776. The molecule has 1 aliphatic heterocycles. The highest BCUT2D eigenvalue weighted by Crippen LogP contribution is 2.25. The third-order valence-corrected chi connectivity index (χ3v) is 4.78. The molecule has 1 heterocycles. The van der Waals surface area contributed by atoms with E-state index in [-0.39, 0.29) is 5.91 Å². The summed E-state index contributed by atoms with van der Waals surface area (Å²) >= 11 is 0. The molecule has 0 aromatic rings. The van der Waals surface area contributed by atoms with Crippen molar-refractivity contribution in [1.29, 1.82) is 0 Å². The van der Waals surface area contributed by atoms with Gasteiger partial charge in [-0.25, -0.2) is 0 Å². The van der Waals surface area contributed by atoms with E-state index in [4.69, 9.17) is 0 Å². The molecule has 1 aliphatic carbocycles. The second-order valence-corrected chi connectivity index (χ2v) is 6.39. The van der Waals surface area contributed by atoms with Crippen molar-refractivity contribution in [3.63, 3.8) is 0 Å². The normalized spacial score (nSPS) is 25.2. The zero-order valence-electron chi connectivity index (χ0n) is 12.3. The Morgan fingerprint density at radius 3 is 2.53 bits per heavy atom. The number of carbonyl (C=O) groups excluding carboxylic acids is 1. The number of piperidine rings is 1. The van der Waals surface area contributed by atoms with Crippen LogP contribution in [0.1, 0.15) is 64.2 Å². The van der Waals surface area contributed by atoms with Crippen molar-refractivity contribution < 1.29 is 4.79 Å². The molecule has 19 heavy (non-hydrogen) atoms. The van der Waals surface area contributed by atoms with Crippen molar-refractivity contribution in [2.75, 3.05) is 19.6 Å². The molecule has 1 unspecified atom stereocenters. The number of amides is 1. The van der Waals surface area contributed by atoms with Crippen molar-refractivity contribution in [3.8, 4) is 0 Å². The zero-order valence-corrected chi connectivity index (χ0v) is 12.3. The van der Waals surface area contributed by atoms with E-state index in [0.29, 0.717) is 0 Å². The molecule has 1 saturated heterocycles. The Morgan fingerprint density at radius 2 is 1.79 bits per heavy atom. The van der Waals surface area contributed by atoms with E-state index in [1.54, 1.807) is 0 Å². The molecule has 3 nitrogen and oxygen atoms in total. The molecule has 110 valence electrons. The summed E-state index contributed by atoms with van der Waals surface area (Å²) in [5.74, 6) is 1.86. The minimum atomic E-state index is 0.265. The number of carbonyl (C=O) groups is 1. The summed E-state index contributed by atoms with van der Waals surface area (Å²) in [5, 5.41) is 6.52. The van der Waals surface area contributed by atoms with E-state index < -0.39 is 0 Å². The van der Waals surface area contributed by atoms with Crippen LogP contribution in [0.25, 0.3) is 0 Å².